The van der Waals surface area contributed by atoms with Crippen LogP contribution in [0.1, 0.15) is 17.5 Å². The van der Waals surface area contributed by atoms with Crippen LogP contribution < -0.4 is 10.1 Å². The molecule has 1 amide bonds. The molecule has 3 aromatic carbocycles. The van der Waals surface area contributed by atoms with E-state index in [0.29, 0.717) is 30.3 Å². The summed E-state index contributed by atoms with van der Waals surface area (Å²) in [4.78, 5) is 12.4. The average Bonchev–Trinajstić information content (AvgIpc) is 3.29. The predicted octanol–water partition coefficient (Wildman–Crippen LogP) is 5.29. The number of aryl methyl sites for hydroxylation is 2. The van der Waals surface area contributed by atoms with E-state index < -0.39 is 0 Å². The van der Waals surface area contributed by atoms with E-state index in [4.69, 9.17) is 9.15 Å². The van der Waals surface area contributed by atoms with Gasteiger partial charge >= 0.3 is 0 Å². The Balaban J connectivity index is 1.42. The van der Waals surface area contributed by atoms with E-state index in [0.717, 1.165) is 28.0 Å². The molecule has 1 aromatic heterocycles. The number of rotatable bonds is 7. The van der Waals surface area contributed by atoms with Gasteiger partial charge in [0.15, 0.2) is 0 Å². The number of nitrogens with zero attached hydrogens (tertiary/aromatic N) is 2. The molecule has 4 aromatic rings. The van der Waals surface area contributed by atoms with Crippen LogP contribution in [0.4, 0.5) is 5.69 Å². The molecule has 0 radical (unpaired) electrons. The molecule has 1 N–H and O–H groups in total. The Kier molecular flexibility index (Phi) is 6.08. The number of anilines is 1. The Hall–Kier alpha value is -3.93. The van der Waals surface area contributed by atoms with Crippen LogP contribution in [-0.2, 0) is 11.2 Å². The number of hydrogen-bond acceptors (Lipinski definition) is 5. The summed E-state index contributed by atoms with van der Waals surface area (Å²) in [5.74, 6) is 1.58. The van der Waals surface area contributed by atoms with E-state index >= 15 is 0 Å². The molecule has 0 aliphatic rings. The molecule has 0 aliphatic heterocycles. The van der Waals surface area contributed by atoms with Gasteiger partial charge in [-0.15, -0.1) is 10.2 Å². The molecule has 4 rings (SSSR count). The highest BCUT2D eigenvalue weighted by Crippen LogP contribution is 2.26. The molecule has 0 fully saturated rings. The van der Waals surface area contributed by atoms with Gasteiger partial charge in [-0.25, -0.2) is 0 Å². The summed E-state index contributed by atoms with van der Waals surface area (Å²) in [6, 6.07) is 23.0. The molecule has 6 nitrogen and oxygen atoms in total. The van der Waals surface area contributed by atoms with E-state index in [1.807, 2.05) is 79.7 Å². The van der Waals surface area contributed by atoms with Gasteiger partial charge in [0.1, 0.15) is 5.75 Å². The van der Waals surface area contributed by atoms with Gasteiger partial charge in [0.2, 0.25) is 17.7 Å². The number of amides is 1. The number of hydrogen-bond donors (Lipinski definition) is 1. The van der Waals surface area contributed by atoms with Crippen molar-refractivity contribution in [2.75, 3.05) is 12.4 Å². The Labute approximate surface area is 180 Å². The first-order valence-electron chi connectivity index (χ1n) is 10.0. The van der Waals surface area contributed by atoms with Gasteiger partial charge in [0, 0.05) is 23.2 Å². The SMILES string of the molecule is COc1ccccc1CCC(=O)Nc1cccc(-c2nnc(-c3ccc(C)cc3)o2)c1. The molecule has 0 saturated carbocycles. The average molecular weight is 413 g/mol. The Bertz CT molecular complexity index is 1180. The van der Waals surface area contributed by atoms with E-state index in [2.05, 4.69) is 15.5 Å². The quantitative estimate of drug-likeness (QED) is 0.445. The summed E-state index contributed by atoms with van der Waals surface area (Å²) in [5.41, 5.74) is 4.46. The van der Waals surface area contributed by atoms with E-state index in [1.54, 1.807) is 7.11 Å². The number of nitrogens with one attached hydrogen (secondary N) is 1. The third-order valence-electron chi connectivity index (χ3n) is 4.93. The molecule has 6 heteroatoms. The normalized spacial score (nSPS) is 10.6. The van der Waals surface area contributed by atoms with Crippen molar-refractivity contribution in [1.82, 2.24) is 10.2 Å². The van der Waals surface area contributed by atoms with E-state index in [1.165, 1.54) is 0 Å². The summed E-state index contributed by atoms with van der Waals surface area (Å²) in [5, 5.41) is 11.2. The first kappa shape index (κ1) is 20.3. The second-order valence-electron chi connectivity index (χ2n) is 7.22. The second-order valence-corrected chi connectivity index (χ2v) is 7.22. The largest absolute Gasteiger partial charge is 0.496 e. The number of aromatic nitrogens is 2. The molecule has 0 bridgehead atoms. The lowest BCUT2D eigenvalue weighted by Gasteiger charge is -2.09. The standard InChI is InChI=1S/C25H23N3O3/c1-17-10-12-19(13-11-17)24-27-28-25(31-24)20-7-5-8-21(16-20)26-23(29)15-14-18-6-3-4-9-22(18)30-2/h3-13,16H,14-15H2,1-2H3,(H,26,29). The van der Waals surface area contributed by atoms with Crippen molar-refractivity contribution in [1.29, 1.82) is 0 Å². The van der Waals surface area contributed by atoms with Gasteiger partial charge in [0.25, 0.3) is 0 Å². The van der Waals surface area contributed by atoms with Crippen LogP contribution in [0.15, 0.2) is 77.2 Å². The zero-order valence-electron chi connectivity index (χ0n) is 17.5. The predicted molar refractivity (Wildman–Crippen MR) is 120 cm³/mol. The summed E-state index contributed by atoms with van der Waals surface area (Å²) in [6.07, 6.45) is 0.946. The third-order valence-corrected chi connectivity index (χ3v) is 4.93. The van der Waals surface area contributed by atoms with Crippen molar-refractivity contribution in [2.45, 2.75) is 19.8 Å². The van der Waals surface area contributed by atoms with Crippen molar-refractivity contribution < 1.29 is 13.9 Å². The number of methoxy groups -OCH3 is 1. The lowest BCUT2D eigenvalue weighted by Crippen LogP contribution is -2.12. The number of carbonyl (C=O) groups is 1. The lowest BCUT2D eigenvalue weighted by atomic mass is 10.1. The van der Waals surface area contributed by atoms with Gasteiger partial charge in [-0.2, -0.15) is 0 Å². The Morgan fingerprint density at radius 1 is 0.935 bits per heavy atom. The van der Waals surface area contributed by atoms with Crippen LogP contribution in [0.25, 0.3) is 22.9 Å². The molecule has 31 heavy (non-hydrogen) atoms. The molecule has 0 spiro atoms. The highest BCUT2D eigenvalue weighted by molar-refractivity contribution is 5.91. The van der Waals surface area contributed by atoms with E-state index in [-0.39, 0.29) is 5.91 Å². The van der Waals surface area contributed by atoms with Crippen molar-refractivity contribution in [3.05, 3.63) is 83.9 Å². The van der Waals surface area contributed by atoms with Crippen LogP contribution in [0.3, 0.4) is 0 Å². The van der Waals surface area contributed by atoms with Gasteiger partial charge in [-0.05, 0) is 55.3 Å². The number of benzene rings is 3. The minimum atomic E-state index is -0.0751. The number of para-hydroxylation sites is 1. The number of ether oxygens (including phenoxy) is 1. The first-order valence-corrected chi connectivity index (χ1v) is 10.0. The fourth-order valence-corrected chi connectivity index (χ4v) is 3.26. The van der Waals surface area contributed by atoms with Crippen molar-refractivity contribution in [2.24, 2.45) is 0 Å². The minimum absolute atomic E-state index is 0.0751. The van der Waals surface area contributed by atoms with Crippen LogP contribution in [-0.4, -0.2) is 23.2 Å². The first-order chi connectivity index (χ1) is 15.1. The molecular weight excluding hydrogens is 390 g/mol. The maximum absolute atomic E-state index is 12.4. The fraction of sp³-hybridized carbons (Fsp3) is 0.160. The van der Waals surface area contributed by atoms with Gasteiger partial charge in [-0.3, -0.25) is 4.79 Å². The molecule has 156 valence electrons. The molecule has 0 aliphatic carbocycles. The smallest absolute Gasteiger partial charge is 0.248 e. The van der Waals surface area contributed by atoms with Crippen LogP contribution >= 0.6 is 0 Å². The minimum Gasteiger partial charge on any atom is -0.496 e. The second kappa shape index (κ2) is 9.26. The summed E-state index contributed by atoms with van der Waals surface area (Å²) in [6.45, 7) is 2.03. The molecule has 1 heterocycles. The fourth-order valence-electron chi connectivity index (χ4n) is 3.26. The Morgan fingerprint density at radius 3 is 2.45 bits per heavy atom. The highest BCUT2D eigenvalue weighted by Gasteiger charge is 2.12. The topological polar surface area (TPSA) is 77.2 Å². The van der Waals surface area contributed by atoms with Crippen molar-refractivity contribution in [3.8, 4) is 28.7 Å². The van der Waals surface area contributed by atoms with E-state index in [9.17, 15) is 4.79 Å². The van der Waals surface area contributed by atoms with Crippen LogP contribution in [0.5, 0.6) is 5.75 Å². The number of carbonyl (C=O) groups excluding carboxylic acids is 1. The van der Waals surface area contributed by atoms with Crippen molar-refractivity contribution >= 4 is 11.6 Å². The zero-order chi connectivity index (χ0) is 21.6. The highest BCUT2D eigenvalue weighted by atomic mass is 16.5. The molecule has 0 unspecified atom stereocenters. The maximum atomic E-state index is 12.4. The van der Waals surface area contributed by atoms with Gasteiger partial charge in [-0.1, -0.05) is 42.0 Å². The summed E-state index contributed by atoms with van der Waals surface area (Å²) in [7, 11) is 1.63. The monoisotopic (exact) mass is 413 g/mol. The zero-order valence-corrected chi connectivity index (χ0v) is 17.5. The van der Waals surface area contributed by atoms with Crippen LogP contribution in [0.2, 0.25) is 0 Å². The third kappa shape index (κ3) is 4.98. The summed E-state index contributed by atoms with van der Waals surface area (Å²) >= 11 is 0. The lowest BCUT2D eigenvalue weighted by molar-refractivity contribution is -0.116. The molecule has 0 atom stereocenters. The Morgan fingerprint density at radius 2 is 1.68 bits per heavy atom. The summed E-state index contributed by atoms with van der Waals surface area (Å²) < 4.78 is 11.2. The van der Waals surface area contributed by atoms with Crippen LogP contribution in [0, 0.1) is 6.92 Å². The van der Waals surface area contributed by atoms with Gasteiger partial charge < -0.3 is 14.5 Å². The van der Waals surface area contributed by atoms with Gasteiger partial charge in [0.05, 0.1) is 7.11 Å². The molecule has 0 saturated heterocycles. The molecular formula is C25H23N3O3. The van der Waals surface area contributed by atoms with Crippen molar-refractivity contribution in [3.63, 3.8) is 0 Å². The maximum Gasteiger partial charge on any atom is 0.248 e.